The first kappa shape index (κ1) is 19.8. The van der Waals surface area contributed by atoms with Gasteiger partial charge in [-0.2, -0.15) is 0 Å². The molecule has 2 aliphatic heterocycles. The first-order valence-electron chi connectivity index (χ1n) is 9.50. The average Bonchev–Trinajstić information content (AvgIpc) is 3.18. The molecule has 1 unspecified atom stereocenters. The van der Waals surface area contributed by atoms with Crippen molar-refractivity contribution in [3.63, 3.8) is 0 Å². The zero-order chi connectivity index (χ0) is 20.3. The maximum Gasteiger partial charge on any atom is 0.283 e. The molecule has 2 saturated heterocycles. The first-order chi connectivity index (χ1) is 14.0. The average molecular weight is 417 g/mol. The van der Waals surface area contributed by atoms with Crippen molar-refractivity contribution in [1.82, 2.24) is 14.8 Å². The molecule has 0 radical (unpaired) electrons. The van der Waals surface area contributed by atoms with Crippen molar-refractivity contribution in [3.8, 4) is 5.75 Å². The second-order valence-electron chi connectivity index (χ2n) is 7.03. The molecule has 1 spiro atoms. The number of hydrogen-bond donors (Lipinski definition) is 0. The third-order valence-electron chi connectivity index (χ3n) is 4.87. The van der Waals surface area contributed by atoms with Crippen LogP contribution >= 0.6 is 11.3 Å². The van der Waals surface area contributed by atoms with Gasteiger partial charge in [0.15, 0.2) is 11.6 Å². The Morgan fingerprint density at radius 3 is 2.52 bits per heavy atom. The molecule has 1 aromatic carbocycles. The molecule has 1 aromatic heterocycles. The lowest BCUT2D eigenvalue weighted by molar-refractivity contribution is -0.284. The predicted molar refractivity (Wildman–Crippen MR) is 106 cm³/mol. The molecule has 3 heterocycles. The van der Waals surface area contributed by atoms with Crippen LogP contribution in [0.25, 0.3) is 0 Å². The summed E-state index contributed by atoms with van der Waals surface area (Å²) < 4.78 is 17.4. The summed E-state index contributed by atoms with van der Waals surface area (Å²) in [5.41, 5.74) is 0. The molecule has 2 amide bonds. The van der Waals surface area contributed by atoms with E-state index in [0.29, 0.717) is 37.1 Å². The van der Waals surface area contributed by atoms with Crippen LogP contribution in [0.5, 0.6) is 5.75 Å². The fourth-order valence-corrected chi connectivity index (χ4v) is 4.16. The Morgan fingerprint density at radius 2 is 1.83 bits per heavy atom. The highest BCUT2D eigenvalue weighted by atomic mass is 32.1. The number of carbonyl (C=O) groups is 2. The molecule has 0 bridgehead atoms. The molecule has 1 atom stereocenters. The summed E-state index contributed by atoms with van der Waals surface area (Å²) in [7, 11) is 0. The number of para-hydroxylation sites is 1. The van der Waals surface area contributed by atoms with Gasteiger partial charge in [0.05, 0.1) is 26.3 Å². The van der Waals surface area contributed by atoms with Crippen molar-refractivity contribution in [3.05, 3.63) is 46.4 Å². The summed E-state index contributed by atoms with van der Waals surface area (Å²) in [5, 5.41) is 0.458. The summed E-state index contributed by atoms with van der Waals surface area (Å²) >= 11 is 1.37. The van der Waals surface area contributed by atoms with E-state index in [1.165, 1.54) is 11.3 Å². The van der Waals surface area contributed by atoms with Crippen LogP contribution in [0.4, 0.5) is 0 Å². The number of benzene rings is 1. The molecule has 0 saturated carbocycles. The van der Waals surface area contributed by atoms with E-state index in [9.17, 15) is 9.59 Å². The smallest absolute Gasteiger partial charge is 0.283 e. The Labute approximate surface area is 173 Å². The summed E-state index contributed by atoms with van der Waals surface area (Å²) in [6.45, 7) is 3.99. The molecule has 4 rings (SSSR count). The van der Waals surface area contributed by atoms with Crippen LogP contribution in [0.3, 0.4) is 0 Å². The second-order valence-corrected chi connectivity index (χ2v) is 8.26. The van der Waals surface area contributed by atoms with Crippen LogP contribution < -0.4 is 4.74 Å². The Bertz CT molecular complexity index is 870. The highest BCUT2D eigenvalue weighted by Crippen LogP contribution is 2.26. The number of ether oxygens (including phenoxy) is 3. The van der Waals surface area contributed by atoms with Crippen LogP contribution in [0.15, 0.2) is 36.5 Å². The molecule has 0 aliphatic carbocycles. The molecule has 8 nitrogen and oxygen atoms in total. The summed E-state index contributed by atoms with van der Waals surface area (Å²) in [6, 6.07) is 9.22. The second kappa shape index (κ2) is 8.48. The normalized spacial score (nSPS) is 22.0. The molecule has 154 valence electrons. The van der Waals surface area contributed by atoms with Crippen molar-refractivity contribution in [2.24, 2.45) is 0 Å². The molecule has 2 fully saturated rings. The quantitative estimate of drug-likeness (QED) is 0.751. The van der Waals surface area contributed by atoms with Gasteiger partial charge in [-0.15, -0.1) is 11.3 Å². The summed E-state index contributed by atoms with van der Waals surface area (Å²) in [5.74, 6) is -0.640. The number of aromatic nitrogens is 1. The third kappa shape index (κ3) is 4.58. The van der Waals surface area contributed by atoms with Crippen molar-refractivity contribution in [1.29, 1.82) is 0 Å². The van der Waals surface area contributed by atoms with Crippen molar-refractivity contribution in [2.75, 3.05) is 46.0 Å². The number of morpholine rings is 2. The van der Waals surface area contributed by atoms with Crippen LogP contribution in [0.2, 0.25) is 0 Å². The predicted octanol–water partition coefficient (Wildman–Crippen LogP) is 1.56. The van der Waals surface area contributed by atoms with Gasteiger partial charge in [0.25, 0.3) is 11.8 Å². The van der Waals surface area contributed by atoms with E-state index in [-0.39, 0.29) is 31.5 Å². The summed E-state index contributed by atoms with van der Waals surface area (Å²) in [4.78, 5) is 34.0. The largest absolute Gasteiger partial charge is 0.484 e. The minimum absolute atomic E-state index is 0.0544. The SMILES string of the molecule is Cc1cnc(C(=O)N2CCOC3(CN(C(=O)COc4ccccc4)CCO3)C2)s1. The number of hydrogen-bond acceptors (Lipinski definition) is 7. The number of rotatable bonds is 4. The number of aryl methyl sites for hydroxylation is 1. The van der Waals surface area contributed by atoms with Gasteiger partial charge in [0.1, 0.15) is 5.75 Å². The maximum absolute atomic E-state index is 12.8. The van der Waals surface area contributed by atoms with Crippen LogP contribution in [-0.2, 0) is 14.3 Å². The highest BCUT2D eigenvalue weighted by Gasteiger charge is 2.44. The molecular weight excluding hydrogens is 394 g/mol. The Hall–Kier alpha value is -2.49. The van der Waals surface area contributed by atoms with E-state index in [0.717, 1.165) is 4.88 Å². The molecule has 29 heavy (non-hydrogen) atoms. The lowest BCUT2D eigenvalue weighted by Crippen LogP contribution is -2.64. The van der Waals surface area contributed by atoms with Gasteiger partial charge in [0, 0.05) is 24.2 Å². The van der Waals surface area contributed by atoms with Crippen molar-refractivity contribution in [2.45, 2.75) is 12.7 Å². The van der Waals surface area contributed by atoms with Crippen molar-refractivity contribution < 1.29 is 23.8 Å². The number of amides is 2. The van der Waals surface area contributed by atoms with Crippen LogP contribution in [0.1, 0.15) is 14.7 Å². The van der Waals surface area contributed by atoms with Gasteiger partial charge in [0.2, 0.25) is 5.79 Å². The Balaban J connectivity index is 1.38. The van der Waals surface area contributed by atoms with Gasteiger partial charge in [-0.1, -0.05) is 18.2 Å². The molecule has 2 aromatic rings. The van der Waals surface area contributed by atoms with Gasteiger partial charge in [-0.05, 0) is 19.1 Å². The zero-order valence-corrected chi connectivity index (χ0v) is 17.0. The lowest BCUT2D eigenvalue weighted by atomic mass is 10.1. The van der Waals surface area contributed by atoms with Gasteiger partial charge >= 0.3 is 0 Å². The monoisotopic (exact) mass is 417 g/mol. The van der Waals surface area contributed by atoms with E-state index in [1.807, 2.05) is 37.3 Å². The minimum atomic E-state index is -1.01. The minimum Gasteiger partial charge on any atom is -0.484 e. The highest BCUT2D eigenvalue weighted by molar-refractivity contribution is 7.13. The van der Waals surface area contributed by atoms with Crippen molar-refractivity contribution >= 4 is 23.2 Å². The van der Waals surface area contributed by atoms with Crippen LogP contribution in [-0.4, -0.2) is 78.4 Å². The fourth-order valence-electron chi connectivity index (χ4n) is 3.43. The van der Waals surface area contributed by atoms with Gasteiger partial charge < -0.3 is 24.0 Å². The van der Waals surface area contributed by atoms with E-state index < -0.39 is 5.79 Å². The fraction of sp³-hybridized carbons (Fsp3) is 0.450. The summed E-state index contributed by atoms with van der Waals surface area (Å²) in [6.07, 6.45) is 1.69. The lowest BCUT2D eigenvalue weighted by Gasteiger charge is -2.47. The zero-order valence-electron chi connectivity index (χ0n) is 16.2. The maximum atomic E-state index is 12.8. The Morgan fingerprint density at radius 1 is 1.14 bits per heavy atom. The third-order valence-corrected chi connectivity index (χ3v) is 5.77. The van der Waals surface area contributed by atoms with E-state index in [2.05, 4.69) is 4.98 Å². The Kier molecular flexibility index (Phi) is 5.79. The van der Waals surface area contributed by atoms with E-state index >= 15 is 0 Å². The first-order valence-corrected chi connectivity index (χ1v) is 10.3. The van der Waals surface area contributed by atoms with Gasteiger partial charge in [-0.25, -0.2) is 4.98 Å². The van der Waals surface area contributed by atoms with Crippen LogP contribution in [0, 0.1) is 6.92 Å². The molecule has 9 heteroatoms. The standard InChI is InChI=1S/C20H23N3O5S/c1-15-11-21-18(29-15)19(25)23-8-10-28-20(14-23)13-22(7-9-27-20)17(24)12-26-16-5-3-2-4-6-16/h2-6,11H,7-10,12-14H2,1H3. The number of nitrogens with zero attached hydrogens (tertiary/aromatic N) is 3. The topological polar surface area (TPSA) is 81.2 Å². The van der Waals surface area contributed by atoms with Gasteiger partial charge in [-0.3, -0.25) is 9.59 Å². The van der Waals surface area contributed by atoms with E-state index in [1.54, 1.807) is 16.0 Å². The number of carbonyl (C=O) groups excluding carboxylic acids is 2. The number of thiazole rings is 1. The van der Waals surface area contributed by atoms with E-state index in [4.69, 9.17) is 14.2 Å². The molecule has 2 aliphatic rings. The molecule has 0 N–H and O–H groups in total. The molecular formula is C20H23N3O5S.